The van der Waals surface area contributed by atoms with Crippen molar-refractivity contribution >= 4 is 28.3 Å². The molecule has 0 spiro atoms. The van der Waals surface area contributed by atoms with Gasteiger partial charge < -0.3 is 14.5 Å². The van der Waals surface area contributed by atoms with E-state index in [1.54, 1.807) is 44.2 Å². The molecular weight excluding hydrogens is 358 g/mol. The van der Waals surface area contributed by atoms with Crippen molar-refractivity contribution in [3.05, 3.63) is 69.1 Å². The van der Waals surface area contributed by atoms with E-state index in [4.69, 9.17) is 9.15 Å². The number of Topliss-reactive ketones (excluding diaryl/α,β-unsaturated/α-hetero) is 1. The fourth-order valence-electron chi connectivity index (χ4n) is 2.94. The summed E-state index contributed by atoms with van der Waals surface area (Å²) in [5.41, 5.74) is 3.22. The third-order valence-electron chi connectivity index (χ3n) is 4.74. The summed E-state index contributed by atoms with van der Waals surface area (Å²) in [6.45, 7) is 6.63. The van der Waals surface area contributed by atoms with Gasteiger partial charge in [0.05, 0.1) is 0 Å². The van der Waals surface area contributed by atoms with Gasteiger partial charge in [-0.3, -0.25) is 9.59 Å². The van der Waals surface area contributed by atoms with Crippen LogP contribution >= 0.6 is 0 Å². The van der Waals surface area contributed by atoms with Gasteiger partial charge in [0.1, 0.15) is 11.3 Å². The van der Waals surface area contributed by atoms with E-state index in [0.29, 0.717) is 33.7 Å². The van der Waals surface area contributed by atoms with E-state index in [2.05, 4.69) is 5.32 Å². The Bertz CT molecular complexity index is 1140. The van der Waals surface area contributed by atoms with Crippen LogP contribution < -0.4 is 15.7 Å². The van der Waals surface area contributed by atoms with Crippen LogP contribution in [0.4, 0.5) is 5.69 Å². The lowest BCUT2D eigenvalue weighted by atomic mass is 10.0. The Labute approximate surface area is 162 Å². The first kappa shape index (κ1) is 19.4. The van der Waals surface area contributed by atoms with Crippen LogP contribution in [0.25, 0.3) is 11.0 Å². The molecule has 0 saturated heterocycles. The first-order valence-corrected chi connectivity index (χ1v) is 8.85. The number of ketones is 1. The minimum atomic E-state index is -0.381. The van der Waals surface area contributed by atoms with Crippen molar-refractivity contribution in [2.24, 2.45) is 0 Å². The Morgan fingerprint density at radius 3 is 2.50 bits per heavy atom. The molecule has 1 heterocycles. The zero-order chi connectivity index (χ0) is 20.4. The number of benzene rings is 2. The van der Waals surface area contributed by atoms with Gasteiger partial charge in [-0.15, -0.1) is 0 Å². The van der Waals surface area contributed by atoms with Gasteiger partial charge in [-0.1, -0.05) is 12.1 Å². The summed E-state index contributed by atoms with van der Waals surface area (Å²) < 4.78 is 11.0. The summed E-state index contributed by atoms with van der Waals surface area (Å²) >= 11 is 0. The molecule has 0 saturated carbocycles. The molecule has 3 aromatic rings. The van der Waals surface area contributed by atoms with Crippen LogP contribution in [-0.2, 0) is 4.79 Å². The summed E-state index contributed by atoms with van der Waals surface area (Å²) in [5.74, 6) is 0.0273. The number of amides is 1. The van der Waals surface area contributed by atoms with Crippen molar-refractivity contribution in [1.82, 2.24) is 0 Å². The fraction of sp³-hybridized carbons (Fsp3) is 0.227. The second-order valence-corrected chi connectivity index (χ2v) is 6.68. The van der Waals surface area contributed by atoms with Crippen LogP contribution in [0, 0.1) is 20.8 Å². The van der Waals surface area contributed by atoms with E-state index in [1.807, 2.05) is 13.0 Å². The molecule has 0 aliphatic carbocycles. The zero-order valence-electron chi connectivity index (χ0n) is 16.2. The van der Waals surface area contributed by atoms with E-state index in [0.717, 1.165) is 10.9 Å². The van der Waals surface area contributed by atoms with E-state index in [-0.39, 0.29) is 23.9 Å². The molecule has 6 nitrogen and oxygen atoms in total. The lowest BCUT2D eigenvalue weighted by molar-refractivity contribution is -0.118. The number of carbonyl (C=O) groups excluding carboxylic acids is 2. The van der Waals surface area contributed by atoms with Crippen molar-refractivity contribution in [1.29, 1.82) is 0 Å². The number of carbonyl (C=O) groups is 2. The van der Waals surface area contributed by atoms with Gasteiger partial charge in [-0.25, -0.2) is 4.79 Å². The first-order valence-electron chi connectivity index (χ1n) is 8.85. The van der Waals surface area contributed by atoms with Crippen LogP contribution in [0.1, 0.15) is 34.0 Å². The van der Waals surface area contributed by atoms with Gasteiger partial charge in [0, 0.05) is 27.8 Å². The number of aryl methyl sites for hydroxylation is 2. The minimum Gasteiger partial charge on any atom is -0.483 e. The van der Waals surface area contributed by atoms with Gasteiger partial charge >= 0.3 is 5.63 Å². The molecule has 144 valence electrons. The summed E-state index contributed by atoms with van der Waals surface area (Å²) in [4.78, 5) is 35.6. The number of anilines is 1. The molecule has 0 bridgehead atoms. The predicted molar refractivity (Wildman–Crippen MR) is 107 cm³/mol. The number of nitrogens with one attached hydrogen (secondary N) is 1. The third-order valence-corrected chi connectivity index (χ3v) is 4.74. The lowest BCUT2D eigenvalue weighted by Gasteiger charge is -2.12. The molecule has 0 radical (unpaired) electrons. The Kier molecular flexibility index (Phi) is 5.31. The summed E-state index contributed by atoms with van der Waals surface area (Å²) in [6, 6.07) is 10.3. The summed E-state index contributed by atoms with van der Waals surface area (Å²) in [7, 11) is 0. The van der Waals surface area contributed by atoms with Crippen molar-refractivity contribution in [2.75, 3.05) is 11.9 Å². The van der Waals surface area contributed by atoms with E-state index in [1.165, 1.54) is 6.92 Å². The largest absolute Gasteiger partial charge is 0.483 e. The monoisotopic (exact) mass is 379 g/mol. The number of hydrogen-bond donors (Lipinski definition) is 1. The highest BCUT2D eigenvalue weighted by Crippen LogP contribution is 2.29. The SMILES string of the molecule is CC(=O)c1cccc(NC(=O)COc2ccc3c(C)c(C)c(=O)oc3c2C)c1. The number of rotatable bonds is 5. The normalized spacial score (nSPS) is 10.7. The first-order chi connectivity index (χ1) is 13.3. The Morgan fingerprint density at radius 2 is 1.79 bits per heavy atom. The van der Waals surface area contributed by atoms with Crippen molar-refractivity contribution in [3.63, 3.8) is 0 Å². The lowest BCUT2D eigenvalue weighted by Crippen LogP contribution is -2.20. The minimum absolute atomic E-state index is 0.0776. The molecule has 0 aliphatic heterocycles. The molecule has 1 N–H and O–H groups in total. The molecule has 6 heteroatoms. The van der Waals surface area contributed by atoms with E-state index < -0.39 is 0 Å². The topological polar surface area (TPSA) is 85.6 Å². The third kappa shape index (κ3) is 3.81. The van der Waals surface area contributed by atoms with E-state index >= 15 is 0 Å². The highest BCUT2D eigenvalue weighted by atomic mass is 16.5. The van der Waals surface area contributed by atoms with Crippen LogP contribution in [0.2, 0.25) is 0 Å². The fourth-order valence-corrected chi connectivity index (χ4v) is 2.94. The smallest absolute Gasteiger partial charge is 0.339 e. The average Bonchev–Trinajstić information content (AvgIpc) is 2.66. The standard InChI is InChI=1S/C22H21NO5/c1-12-13(2)22(26)28-21-14(3)19(9-8-18(12)21)27-11-20(25)23-17-7-5-6-16(10-17)15(4)24/h5-10H,11H2,1-4H3,(H,23,25). The Balaban J connectivity index is 1.76. The van der Waals surface area contributed by atoms with Gasteiger partial charge in [0.2, 0.25) is 0 Å². The molecule has 3 rings (SSSR count). The summed E-state index contributed by atoms with van der Waals surface area (Å²) in [5, 5.41) is 3.54. The molecule has 0 unspecified atom stereocenters. The maximum absolute atomic E-state index is 12.2. The number of fused-ring (bicyclic) bond motifs is 1. The van der Waals surface area contributed by atoms with Crippen molar-refractivity contribution < 1.29 is 18.7 Å². The van der Waals surface area contributed by atoms with Gasteiger partial charge in [-0.2, -0.15) is 0 Å². The summed E-state index contributed by atoms with van der Waals surface area (Å²) in [6.07, 6.45) is 0. The number of hydrogen-bond acceptors (Lipinski definition) is 5. The zero-order valence-corrected chi connectivity index (χ0v) is 16.2. The molecule has 1 amide bonds. The van der Waals surface area contributed by atoms with Crippen LogP contribution in [0.15, 0.2) is 45.6 Å². The molecule has 0 atom stereocenters. The van der Waals surface area contributed by atoms with Crippen LogP contribution in [-0.4, -0.2) is 18.3 Å². The molecule has 28 heavy (non-hydrogen) atoms. The van der Waals surface area contributed by atoms with Crippen molar-refractivity contribution in [3.8, 4) is 5.75 Å². The Hall–Kier alpha value is -3.41. The molecule has 0 aliphatic rings. The van der Waals surface area contributed by atoms with Gasteiger partial charge in [0.25, 0.3) is 5.91 Å². The predicted octanol–water partition coefficient (Wildman–Crippen LogP) is 3.94. The van der Waals surface area contributed by atoms with Gasteiger partial charge in [-0.05, 0) is 57.5 Å². The van der Waals surface area contributed by atoms with Crippen molar-refractivity contribution in [2.45, 2.75) is 27.7 Å². The maximum Gasteiger partial charge on any atom is 0.339 e. The number of ether oxygens (including phenoxy) is 1. The Morgan fingerprint density at radius 1 is 1.04 bits per heavy atom. The second-order valence-electron chi connectivity index (χ2n) is 6.68. The van der Waals surface area contributed by atoms with Crippen LogP contribution in [0.3, 0.4) is 0 Å². The average molecular weight is 379 g/mol. The van der Waals surface area contributed by atoms with E-state index in [9.17, 15) is 14.4 Å². The molecule has 2 aromatic carbocycles. The van der Waals surface area contributed by atoms with Gasteiger partial charge in [0.15, 0.2) is 12.4 Å². The maximum atomic E-state index is 12.2. The van der Waals surface area contributed by atoms with Crippen LogP contribution in [0.5, 0.6) is 5.75 Å². The molecule has 0 fully saturated rings. The molecular formula is C22H21NO5. The second kappa shape index (κ2) is 7.68. The quantitative estimate of drug-likeness (QED) is 0.536. The highest BCUT2D eigenvalue weighted by Gasteiger charge is 2.14. The highest BCUT2D eigenvalue weighted by molar-refractivity contribution is 5.97. The molecule has 1 aromatic heterocycles.